The highest BCUT2D eigenvalue weighted by molar-refractivity contribution is 9.10. The highest BCUT2D eigenvalue weighted by Crippen LogP contribution is 2.23. The predicted molar refractivity (Wildman–Crippen MR) is 99.1 cm³/mol. The Hall–Kier alpha value is -2.80. The number of anilines is 1. The van der Waals surface area contributed by atoms with Crippen LogP contribution in [0.4, 0.5) is 23.7 Å². The van der Waals surface area contributed by atoms with Crippen molar-refractivity contribution in [3.8, 4) is 5.75 Å². The van der Waals surface area contributed by atoms with Crippen LogP contribution in [0.25, 0.3) is 0 Å². The molecule has 138 valence electrons. The number of amides is 1. The number of nitrogens with zero attached hydrogens (tertiary/aromatic N) is 1. The van der Waals surface area contributed by atoms with Gasteiger partial charge >= 0.3 is 6.09 Å². The SMILES string of the molecule is O=C(Oc1cccc(Br)c1)N(Cc1ccc(F)c(F)c1)c1cccc(F)c1. The van der Waals surface area contributed by atoms with Crippen LogP contribution in [0.3, 0.4) is 0 Å². The molecule has 0 aromatic heterocycles. The summed E-state index contributed by atoms with van der Waals surface area (Å²) in [7, 11) is 0. The lowest BCUT2D eigenvalue weighted by atomic mass is 10.2. The average Bonchev–Trinajstić information content (AvgIpc) is 2.62. The van der Waals surface area contributed by atoms with Gasteiger partial charge in [0.1, 0.15) is 11.6 Å². The summed E-state index contributed by atoms with van der Waals surface area (Å²) >= 11 is 3.28. The second-order valence-corrected chi connectivity index (χ2v) is 6.56. The van der Waals surface area contributed by atoms with E-state index in [0.29, 0.717) is 10.0 Å². The zero-order chi connectivity index (χ0) is 19.4. The molecule has 0 bridgehead atoms. The van der Waals surface area contributed by atoms with Crippen LogP contribution in [0, 0.1) is 17.5 Å². The molecule has 3 aromatic carbocycles. The Morgan fingerprint density at radius 3 is 2.41 bits per heavy atom. The molecule has 0 aliphatic heterocycles. The van der Waals surface area contributed by atoms with E-state index in [-0.39, 0.29) is 18.0 Å². The standard InChI is InChI=1S/C20H13BrF3NO2/c21-14-3-1-6-17(10-14)27-20(26)25(16-5-2-4-15(22)11-16)12-13-7-8-18(23)19(24)9-13/h1-11H,12H2. The topological polar surface area (TPSA) is 29.5 Å². The number of ether oxygens (including phenoxy) is 1. The fourth-order valence-electron chi connectivity index (χ4n) is 2.41. The van der Waals surface area contributed by atoms with Crippen molar-refractivity contribution in [2.75, 3.05) is 4.90 Å². The first kappa shape index (κ1) is 19.0. The minimum absolute atomic E-state index is 0.131. The molecule has 0 unspecified atom stereocenters. The summed E-state index contributed by atoms with van der Waals surface area (Å²) in [5, 5.41) is 0. The normalized spacial score (nSPS) is 10.5. The zero-order valence-corrected chi connectivity index (χ0v) is 15.4. The molecule has 0 saturated carbocycles. The predicted octanol–water partition coefficient (Wildman–Crippen LogP) is 6.07. The summed E-state index contributed by atoms with van der Waals surface area (Å²) in [6.07, 6.45) is -0.788. The number of carbonyl (C=O) groups excluding carboxylic acids is 1. The van der Waals surface area contributed by atoms with Gasteiger partial charge in [-0.2, -0.15) is 0 Å². The van der Waals surface area contributed by atoms with Gasteiger partial charge in [0.2, 0.25) is 0 Å². The maximum absolute atomic E-state index is 13.6. The first-order valence-corrected chi connectivity index (χ1v) is 8.66. The largest absolute Gasteiger partial charge is 0.420 e. The van der Waals surface area contributed by atoms with Crippen LogP contribution < -0.4 is 9.64 Å². The van der Waals surface area contributed by atoms with Crippen LogP contribution in [0.5, 0.6) is 5.75 Å². The molecule has 0 saturated heterocycles. The molecule has 0 radical (unpaired) electrons. The van der Waals surface area contributed by atoms with Crippen molar-refractivity contribution in [1.82, 2.24) is 0 Å². The van der Waals surface area contributed by atoms with E-state index in [1.807, 2.05) is 0 Å². The molecule has 0 fully saturated rings. The average molecular weight is 436 g/mol. The number of hydrogen-bond donors (Lipinski definition) is 0. The van der Waals surface area contributed by atoms with Crippen LogP contribution in [-0.2, 0) is 6.54 Å². The molecule has 0 heterocycles. The van der Waals surface area contributed by atoms with E-state index >= 15 is 0 Å². The van der Waals surface area contributed by atoms with E-state index in [9.17, 15) is 18.0 Å². The molecule has 3 rings (SSSR count). The second-order valence-electron chi connectivity index (χ2n) is 5.64. The van der Waals surface area contributed by atoms with Crippen molar-refractivity contribution in [1.29, 1.82) is 0 Å². The Morgan fingerprint density at radius 2 is 1.70 bits per heavy atom. The van der Waals surface area contributed by atoms with Gasteiger partial charge in [-0.25, -0.2) is 18.0 Å². The Balaban J connectivity index is 1.91. The Labute approximate surface area is 162 Å². The van der Waals surface area contributed by atoms with Gasteiger partial charge in [0.25, 0.3) is 0 Å². The smallest absolute Gasteiger partial charge is 0.410 e. The fourth-order valence-corrected chi connectivity index (χ4v) is 2.79. The van der Waals surface area contributed by atoms with Gasteiger partial charge in [-0.3, -0.25) is 4.90 Å². The minimum Gasteiger partial charge on any atom is -0.410 e. The number of rotatable bonds is 4. The van der Waals surface area contributed by atoms with Crippen LogP contribution in [0.1, 0.15) is 5.56 Å². The summed E-state index contributed by atoms with van der Waals surface area (Å²) in [5.41, 5.74) is 0.545. The van der Waals surface area contributed by atoms with E-state index in [1.165, 1.54) is 24.3 Å². The maximum Gasteiger partial charge on any atom is 0.420 e. The molecule has 0 spiro atoms. The van der Waals surface area contributed by atoms with Gasteiger partial charge in [-0.05, 0) is 54.1 Å². The van der Waals surface area contributed by atoms with E-state index < -0.39 is 23.5 Å². The lowest BCUT2D eigenvalue weighted by molar-refractivity contribution is 0.207. The van der Waals surface area contributed by atoms with E-state index in [0.717, 1.165) is 23.1 Å². The lowest BCUT2D eigenvalue weighted by Crippen LogP contribution is -2.33. The minimum atomic E-state index is -1.04. The molecule has 3 aromatic rings. The number of carbonyl (C=O) groups is 1. The van der Waals surface area contributed by atoms with Crippen molar-refractivity contribution in [2.45, 2.75) is 6.54 Å². The molecule has 0 aliphatic rings. The molecular weight excluding hydrogens is 423 g/mol. The highest BCUT2D eigenvalue weighted by atomic mass is 79.9. The van der Waals surface area contributed by atoms with E-state index in [4.69, 9.17) is 4.74 Å². The molecule has 0 aliphatic carbocycles. The number of benzene rings is 3. The van der Waals surface area contributed by atoms with Crippen molar-refractivity contribution in [2.24, 2.45) is 0 Å². The quantitative estimate of drug-likeness (QED) is 0.497. The summed E-state index contributed by atoms with van der Waals surface area (Å²) in [6, 6.07) is 15.3. The number of halogens is 4. The maximum atomic E-state index is 13.6. The first-order chi connectivity index (χ1) is 12.9. The van der Waals surface area contributed by atoms with Crippen LogP contribution in [-0.4, -0.2) is 6.09 Å². The fraction of sp³-hybridized carbons (Fsp3) is 0.0500. The van der Waals surface area contributed by atoms with Gasteiger partial charge in [0, 0.05) is 4.47 Å². The van der Waals surface area contributed by atoms with Crippen LogP contribution >= 0.6 is 15.9 Å². The zero-order valence-electron chi connectivity index (χ0n) is 13.8. The molecule has 3 nitrogen and oxygen atoms in total. The third kappa shape index (κ3) is 4.89. The number of hydrogen-bond acceptors (Lipinski definition) is 2. The molecular formula is C20H13BrF3NO2. The van der Waals surface area contributed by atoms with Crippen molar-refractivity contribution in [3.63, 3.8) is 0 Å². The van der Waals surface area contributed by atoms with Gasteiger partial charge in [0.05, 0.1) is 12.2 Å². The Bertz CT molecular complexity index is 981. The van der Waals surface area contributed by atoms with E-state index in [2.05, 4.69) is 15.9 Å². The van der Waals surface area contributed by atoms with Crippen molar-refractivity contribution >= 4 is 27.7 Å². The molecule has 7 heteroatoms. The van der Waals surface area contributed by atoms with Gasteiger partial charge in [-0.1, -0.05) is 34.1 Å². The van der Waals surface area contributed by atoms with Gasteiger partial charge in [-0.15, -0.1) is 0 Å². The summed E-state index contributed by atoms with van der Waals surface area (Å²) < 4.78 is 46.4. The monoisotopic (exact) mass is 435 g/mol. The molecule has 1 amide bonds. The molecule has 0 atom stereocenters. The molecule has 0 N–H and O–H groups in total. The second kappa shape index (κ2) is 8.26. The van der Waals surface area contributed by atoms with Crippen molar-refractivity contribution in [3.05, 3.63) is 94.2 Å². The van der Waals surface area contributed by atoms with Gasteiger partial charge < -0.3 is 4.74 Å². The van der Waals surface area contributed by atoms with Crippen LogP contribution in [0.15, 0.2) is 71.2 Å². The Morgan fingerprint density at radius 1 is 0.926 bits per heavy atom. The third-order valence-corrected chi connectivity index (χ3v) is 4.16. The van der Waals surface area contributed by atoms with E-state index in [1.54, 1.807) is 24.3 Å². The van der Waals surface area contributed by atoms with Gasteiger partial charge in [0.15, 0.2) is 11.6 Å². The third-order valence-electron chi connectivity index (χ3n) is 3.67. The summed E-state index contributed by atoms with van der Waals surface area (Å²) in [6.45, 7) is -0.131. The molecule has 27 heavy (non-hydrogen) atoms. The summed E-state index contributed by atoms with van der Waals surface area (Å²) in [5.74, 6) is -2.29. The Kier molecular flexibility index (Phi) is 5.81. The lowest BCUT2D eigenvalue weighted by Gasteiger charge is -2.22. The summed E-state index contributed by atoms with van der Waals surface area (Å²) in [4.78, 5) is 13.8. The van der Waals surface area contributed by atoms with Crippen molar-refractivity contribution < 1.29 is 22.7 Å². The first-order valence-electron chi connectivity index (χ1n) is 7.87. The van der Waals surface area contributed by atoms with Crippen LogP contribution in [0.2, 0.25) is 0 Å². The highest BCUT2D eigenvalue weighted by Gasteiger charge is 2.20.